The van der Waals surface area contributed by atoms with Gasteiger partial charge in [-0.2, -0.15) is 0 Å². The van der Waals surface area contributed by atoms with E-state index in [1.807, 2.05) is 84.9 Å². The molecule has 31 heavy (non-hydrogen) atoms. The summed E-state index contributed by atoms with van der Waals surface area (Å²) in [5.74, 6) is 0. The Bertz CT molecular complexity index is 1120. The highest BCUT2D eigenvalue weighted by molar-refractivity contribution is 7.93. The van der Waals surface area contributed by atoms with E-state index in [0.29, 0.717) is 18.7 Å². The monoisotopic (exact) mass is 431 g/mol. The van der Waals surface area contributed by atoms with Crippen LogP contribution in [0, 0.1) is 6.57 Å². The third-order valence-corrected chi connectivity index (χ3v) is 6.82. The fourth-order valence-corrected chi connectivity index (χ4v) is 4.67. The van der Waals surface area contributed by atoms with Crippen LogP contribution in [0.2, 0.25) is 0 Å². The van der Waals surface area contributed by atoms with Crippen molar-refractivity contribution in [1.82, 2.24) is 4.31 Å². The summed E-state index contributed by atoms with van der Waals surface area (Å²) in [4.78, 5) is 5.42. The number of sulfonamides is 1. The van der Waals surface area contributed by atoms with E-state index in [-0.39, 0.29) is 5.03 Å². The van der Waals surface area contributed by atoms with Crippen LogP contribution in [-0.4, -0.2) is 25.8 Å². The highest BCUT2D eigenvalue weighted by atomic mass is 32.2. The van der Waals surface area contributed by atoms with Crippen molar-refractivity contribution in [2.75, 3.05) is 18.0 Å². The Hall–Kier alpha value is -3.40. The number of para-hydroxylation sites is 2. The van der Waals surface area contributed by atoms with Gasteiger partial charge >= 0.3 is 0 Å². The maximum absolute atomic E-state index is 12.7. The molecule has 0 atom stereocenters. The largest absolute Gasteiger partial charge is 0.311 e. The molecule has 0 spiro atoms. The van der Waals surface area contributed by atoms with Crippen LogP contribution in [0.4, 0.5) is 17.1 Å². The van der Waals surface area contributed by atoms with Crippen molar-refractivity contribution >= 4 is 33.2 Å². The topological polar surface area (TPSA) is 45.0 Å². The molecule has 0 amide bonds. The normalized spacial score (nSPS) is 11.9. The van der Waals surface area contributed by atoms with Crippen molar-refractivity contribution in [2.24, 2.45) is 0 Å². The maximum atomic E-state index is 12.7. The Balaban J connectivity index is 1.99. The molecule has 0 aliphatic heterocycles. The zero-order chi connectivity index (χ0) is 22.3. The van der Waals surface area contributed by atoms with E-state index in [9.17, 15) is 8.42 Å². The van der Waals surface area contributed by atoms with E-state index in [1.54, 1.807) is 13.8 Å². The van der Waals surface area contributed by atoms with Crippen LogP contribution in [0.1, 0.15) is 19.4 Å². The van der Waals surface area contributed by atoms with Crippen LogP contribution >= 0.6 is 0 Å². The molecule has 0 fully saturated rings. The first-order chi connectivity index (χ1) is 15.0. The second kappa shape index (κ2) is 10.1. The van der Waals surface area contributed by atoms with E-state index in [0.717, 1.165) is 17.1 Å². The fraction of sp³-hybridized carbons (Fsp3) is 0.160. The van der Waals surface area contributed by atoms with Gasteiger partial charge in [0.25, 0.3) is 5.03 Å². The van der Waals surface area contributed by atoms with Crippen LogP contribution in [0.15, 0.2) is 90.0 Å². The molecule has 0 saturated carbocycles. The Labute approximate surface area is 184 Å². The Morgan fingerprint density at radius 2 is 1.26 bits per heavy atom. The summed E-state index contributed by atoms with van der Waals surface area (Å²) < 4.78 is 26.7. The Morgan fingerprint density at radius 1 is 0.806 bits per heavy atom. The van der Waals surface area contributed by atoms with Gasteiger partial charge in [-0.15, -0.1) is 0 Å². The molecule has 158 valence electrons. The quantitative estimate of drug-likeness (QED) is 0.408. The summed E-state index contributed by atoms with van der Waals surface area (Å²) in [6, 6.07) is 27.6. The van der Waals surface area contributed by atoms with Crippen LogP contribution in [0.5, 0.6) is 0 Å². The lowest BCUT2D eigenvalue weighted by molar-refractivity contribution is 0.451. The molecule has 0 unspecified atom stereocenters. The van der Waals surface area contributed by atoms with E-state index >= 15 is 0 Å². The minimum Gasteiger partial charge on any atom is -0.311 e. The number of nitrogens with zero attached hydrogens (tertiary/aromatic N) is 3. The van der Waals surface area contributed by atoms with Gasteiger partial charge in [-0.3, -0.25) is 0 Å². The van der Waals surface area contributed by atoms with E-state index in [2.05, 4.69) is 9.74 Å². The number of hydrogen-bond acceptors (Lipinski definition) is 3. The molecule has 3 rings (SSSR count). The molecule has 6 heteroatoms. The van der Waals surface area contributed by atoms with Crippen LogP contribution in [-0.2, 0) is 10.0 Å². The molecule has 0 bridgehead atoms. The zero-order valence-electron chi connectivity index (χ0n) is 17.6. The predicted molar refractivity (Wildman–Crippen MR) is 128 cm³/mol. The highest BCUT2D eigenvalue weighted by Crippen LogP contribution is 2.34. The standard InChI is InChI=1S/C25H25N3O2S/c1-4-27(5-2)31(29,30)25(26-3)20-21-16-18-24(19-17-21)28(22-12-8-6-9-13-22)23-14-10-7-11-15-23/h6-20H,4-5H2,1-2H3/b25-20+. The van der Waals surface area contributed by atoms with Crippen molar-refractivity contribution in [1.29, 1.82) is 0 Å². The maximum Gasteiger partial charge on any atom is 0.293 e. The first-order valence-corrected chi connectivity index (χ1v) is 11.5. The minimum absolute atomic E-state index is 0.271. The number of rotatable bonds is 8. The highest BCUT2D eigenvalue weighted by Gasteiger charge is 2.25. The van der Waals surface area contributed by atoms with Gasteiger partial charge in [-0.25, -0.2) is 17.6 Å². The van der Waals surface area contributed by atoms with Crippen LogP contribution in [0.25, 0.3) is 10.9 Å². The van der Waals surface area contributed by atoms with Crippen LogP contribution in [0.3, 0.4) is 0 Å². The van der Waals surface area contributed by atoms with Gasteiger partial charge in [0.05, 0.1) is 6.57 Å². The van der Waals surface area contributed by atoms with Gasteiger partial charge in [-0.1, -0.05) is 62.4 Å². The lowest BCUT2D eigenvalue weighted by Crippen LogP contribution is -2.30. The summed E-state index contributed by atoms with van der Waals surface area (Å²) >= 11 is 0. The third kappa shape index (κ3) is 5.02. The lowest BCUT2D eigenvalue weighted by Gasteiger charge is -2.25. The average Bonchev–Trinajstić information content (AvgIpc) is 2.80. The van der Waals surface area contributed by atoms with Gasteiger partial charge < -0.3 is 4.90 Å². The molecule has 0 aliphatic rings. The van der Waals surface area contributed by atoms with E-state index in [1.165, 1.54) is 10.4 Å². The van der Waals surface area contributed by atoms with Gasteiger partial charge in [0.1, 0.15) is 0 Å². The molecule has 3 aromatic rings. The number of hydrogen-bond donors (Lipinski definition) is 0. The van der Waals surface area contributed by atoms with Crippen LogP contribution < -0.4 is 4.90 Å². The van der Waals surface area contributed by atoms with Gasteiger partial charge in [-0.05, 0) is 48.0 Å². The van der Waals surface area contributed by atoms with E-state index in [4.69, 9.17) is 6.57 Å². The molecule has 0 saturated heterocycles. The van der Waals surface area contributed by atoms with Crippen molar-refractivity contribution in [3.63, 3.8) is 0 Å². The average molecular weight is 432 g/mol. The van der Waals surface area contributed by atoms with Crippen molar-refractivity contribution in [3.8, 4) is 0 Å². The van der Waals surface area contributed by atoms with Gasteiger partial charge in [0, 0.05) is 30.2 Å². The minimum atomic E-state index is -3.79. The first kappa shape index (κ1) is 22.3. The van der Waals surface area contributed by atoms with Crippen molar-refractivity contribution in [3.05, 3.63) is 107 Å². The molecule has 3 aromatic carbocycles. The second-order valence-corrected chi connectivity index (χ2v) is 8.67. The second-order valence-electron chi connectivity index (χ2n) is 6.78. The summed E-state index contributed by atoms with van der Waals surface area (Å²) in [6.07, 6.45) is 1.43. The summed E-state index contributed by atoms with van der Waals surface area (Å²) in [5.41, 5.74) is 3.63. The molecule has 0 aromatic heterocycles. The van der Waals surface area contributed by atoms with Crippen molar-refractivity contribution < 1.29 is 8.42 Å². The Kier molecular flexibility index (Phi) is 7.24. The molecule has 0 heterocycles. The molecule has 0 N–H and O–H groups in total. The molecule has 5 nitrogen and oxygen atoms in total. The fourth-order valence-electron chi connectivity index (χ4n) is 3.32. The summed E-state index contributed by atoms with van der Waals surface area (Å²) in [5, 5.41) is -0.271. The number of anilines is 3. The number of benzene rings is 3. The summed E-state index contributed by atoms with van der Waals surface area (Å²) in [6.45, 7) is 11.6. The molecular weight excluding hydrogens is 406 g/mol. The van der Waals surface area contributed by atoms with E-state index < -0.39 is 10.0 Å². The molecule has 0 aliphatic carbocycles. The van der Waals surface area contributed by atoms with Gasteiger partial charge in [0.2, 0.25) is 10.0 Å². The molecule has 0 radical (unpaired) electrons. The third-order valence-electron chi connectivity index (χ3n) is 4.89. The first-order valence-electron chi connectivity index (χ1n) is 10.1. The van der Waals surface area contributed by atoms with Gasteiger partial charge in [0.15, 0.2) is 0 Å². The van der Waals surface area contributed by atoms with Crippen molar-refractivity contribution in [2.45, 2.75) is 13.8 Å². The molecular formula is C25H25N3O2S. The SMILES string of the molecule is [C-]#[N+]/C(=C\c1ccc(N(c2ccccc2)c2ccccc2)cc1)S(=O)(=O)N(CC)CC. The predicted octanol–water partition coefficient (Wildman–Crippen LogP) is 6.05. The zero-order valence-corrected chi connectivity index (χ0v) is 18.5. The lowest BCUT2D eigenvalue weighted by atomic mass is 10.1. The summed E-state index contributed by atoms with van der Waals surface area (Å²) in [7, 11) is -3.79. The Morgan fingerprint density at radius 3 is 1.68 bits per heavy atom. The smallest absolute Gasteiger partial charge is 0.293 e.